The third-order valence-corrected chi connectivity index (χ3v) is 12.7. The quantitative estimate of drug-likeness (QED) is 0.0567. The van der Waals surface area contributed by atoms with E-state index in [2.05, 4.69) is 16.0 Å². The molecule has 410 valence electrons. The van der Waals surface area contributed by atoms with E-state index in [4.69, 9.17) is 47.4 Å². The Morgan fingerprint density at radius 2 is 0.764 bits per heavy atom. The summed E-state index contributed by atoms with van der Waals surface area (Å²) in [5, 5.41) is 147. The molecule has 31 nitrogen and oxygen atoms in total. The van der Waals surface area contributed by atoms with Gasteiger partial charge in [0.15, 0.2) is 43.7 Å². The molecule has 31 heteroatoms. The molecule has 5 aliphatic heterocycles. The first-order chi connectivity index (χ1) is 34.0. The van der Waals surface area contributed by atoms with Crippen molar-refractivity contribution >= 4 is 29.7 Å². The molecule has 72 heavy (non-hydrogen) atoms. The Bertz CT molecular complexity index is 1890. The standard InChI is InChI=1S/C41H63N3O28/c1-11(48)42-18-24(54)21(51)15(8-45)64-37(18)69-31-25(55)27(57)41(71-33(31)35(59)60)68-30-20(44-13(3)50)39(66-17(10-47)23(30)53)70-32-26(56)28(58)40(72-34(32)36(61)62)67-29-19(43-12(2)49)38(63-14-6-4-5-7-14)65-16(9-46)22(29)52/h4-5,14-34,37-41,45-47,51-58H,6-10H2,1-3H3,(H,42,48)(H,43,49)(H,44,50)(H,59,60)(H,61,62)/t15-,16-,17-,18-,19-,20-,21-,22-,23-,24-,25-,26-,27-,28-,29-,30-,31+,32+,33+,34+,37+,38-,39+,40-,41-/m1/s1. The maximum Gasteiger partial charge on any atom is 0.335 e. The number of hydrogen-bond donors (Lipinski definition) is 16. The zero-order chi connectivity index (χ0) is 53.0. The second kappa shape index (κ2) is 24.7. The molecule has 0 spiro atoms. The number of amides is 3. The summed E-state index contributed by atoms with van der Waals surface area (Å²) in [6.07, 6.45) is -40.4. The van der Waals surface area contributed by atoms with Crippen LogP contribution in [0.25, 0.3) is 0 Å². The lowest BCUT2D eigenvalue weighted by Gasteiger charge is -2.50. The van der Waals surface area contributed by atoms with Crippen LogP contribution >= 0.6 is 0 Å². The highest BCUT2D eigenvalue weighted by atomic mass is 16.8. The van der Waals surface area contributed by atoms with Crippen LogP contribution in [0.15, 0.2) is 12.2 Å². The summed E-state index contributed by atoms with van der Waals surface area (Å²) in [6.45, 7) is 0.264. The molecule has 6 rings (SSSR count). The van der Waals surface area contributed by atoms with Gasteiger partial charge in [0.05, 0.1) is 25.9 Å². The van der Waals surface area contributed by atoms with E-state index >= 15 is 0 Å². The van der Waals surface area contributed by atoms with Crippen molar-refractivity contribution in [2.24, 2.45) is 0 Å². The third kappa shape index (κ3) is 12.7. The van der Waals surface area contributed by atoms with Gasteiger partial charge in [-0.2, -0.15) is 0 Å². The fourth-order valence-corrected chi connectivity index (χ4v) is 9.17. The maximum atomic E-state index is 12.9. The van der Waals surface area contributed by atoms with Crippen molar-refractivity contribution in [2.75, 3.05) is 19.8 Å². The van der Waals surface area contributed by atoms with Gasteiger partial charge in [-0.15, -0.1) is 0 Å². The van der Waals surface area contributed by atoms with E-state index in [0.29, 0.717) is 12.8 Å². The van der Waals surface area contributed by atoms with Crippen molar-refractivity contribution in [1.82, 2.24) is 16.0 Å². The van der Waals surface area contributed by atoms with Crippen molar-refractivity contribution in [2.45, 2.75) is 193 Å². The van der Waals surface area contributed by atoms with E-state index in [1.54, 1.807) is 0 Å². The van der Waals surface area contributed by atoms with Gasteiger partial charge in [0.25, 0.3) is 0 Å². The molecular weight excluding hydrogens is 982 g/mol. The number of carbonyl (C=O) groups excluding carboxylic acids is 3. The van der Waals surface area contributed by atoms with Gasteiger partial charge in [0.1, 0.15) is 110 Å². The molecule has 1 aliphatic carbocycles. The molecule has 5 saturated heterocycles. The van der Waals surface area contributed by atoms with E-state index in [0.717, 1.165) is 20.8 Å². The first kappa shape index (κ1) is 57.5. The predicted octanol–water partition coefficient (Wildman–Crippen LogP) is -9.57. The second-order valence-corrected chi connectivity index (χ2v) is 17.9. The molecule has 25 atom stereocenters. The van der Waals surface area contributed by atoms with Crippen LogP contribution in [0.1, 0.15) is 33.6 Å². The van der Waals surface area contributed by atoms with Crippen LogP contribution in [0, 0.1) is 0 Å². The number of carbonyl (C=O) groups is 5. The Labute approximate surface area is 408 Å². The molecule has 0 radical (unpaired) electrons. The zero-order valence-corrected chi connectivity index (χ0v) is 38.6. The van der Waals surface area contributed by atoms with Crippen molar-refractivity contribution in [1.29, 1.82) is 0 Å². The van der Waals surface area contributed by atoms with Gasteiger partial charge in [-0.25, -0.2) is 9.59 Å². The zero-order valence-electron chi connectivity index (χ0n) is 38.6. The SMILES string of the molecule is CC(=O)N[C@H]1[C@H](O[C@H]2[C@H](O)[C@@H](O)[C@H](O[C@H]3[C@H](O)[C@@H](CO)O[C@@H](O[C@H]4[C@H](O)[C@@H](O)[C@H](O[C@H]5[C@H](O)[C@@H](CO)O[C@@H](OC6CC=CC6)[C@@H]5NC(C)=O)O[C@@H]4C(=O)O)[C@@H]3NC(C)=O)O[C@@H]2C(=O)O)O[C@H](CO)[C@@H](O)[C@@H]1O. The number of aliphatic carboxylic acids is 2. The van der Waals surface area contributed by atoms with E-state index in [-0.39, 0.29) is 0 Å². The number of rotatable bonds is 18. The number of nitrogens with one attached hydrogen (secondary N) is 3. The molecule has 0 saturated carbocycles. The summed E-state index contributed by atoms with van der Waals surface area (Å²) in [6, 6.07) is -4.96. The largest absolute Gasteiger partial charge is 0.479 e. The van der Waals surface area contributed by atoms with Crippen LogP contribution in [-0.4, -0.2) is 275 Å². The first-order valence-corrected chi connectivity index (χ1v) is 22.7. The van der Waals surface area contributed by atoms with Crippen LogP contribution in [0.5, 0.6) is 0 Å². The van der Waals surface area contributed by atoms with Gasteiger partial charge < -0.3 is 130 Å². The molecule has 0 aromatic heterocycles. The van der Waals surface area contributed by atoms with E-state index in [9.17, 15) is 90.4 Å². The van der Waals surface area contributed by atoms with Crippen LogP contribution in [0.3, 0.4) is 0 Å². The minimum absolute atomic E-state index is 0.440. The van der Waals surface area contributed by atoms with E-state index < -0.39 is 209 Å². The molecule has 5 heterocycles. The monoisotopic (exact) mass is 1050 g/mol. The summed E-state index contributed by atoms with van der Waals surface area (Å²) in [4.78, 5) is 62.6. The molecule has 6 aliphatic rings. The van der Waals surface area contributed by atoms with E-state index in [1.165, 1.54) is 0 Å². The Morgan fingerprint density at radius 1 is 0.431 bits per heavy atom. The highest BCUT2D eigenvalue weighted by molar-refractivity contribution is 5.75. The minimum atomic E-state index is -2.36. The maximum absolute atomic E-state index is 12.9. The highest BCUT2D eigenvalue weighted by Gasteiger charge is 2.59. The number of carboxylic acids is 2. The Kier molecular flexibility index (Phi) is 19.8. The normalized spacial score (nSPS) is 44.7. The fourth-order valence-electron chi connectivity index (χ4n) is 9.17. The average Bonchev–Trinajstić information content (AvgIpc) is 3.84. The van der Waals surface area contributed by atoms with Crippen LogP contribution in [0.4, 0.5) is 0 Å². The van der Waals surface area contributed by atoms with Gasteiger partial charge in [-0.1, -0.05) is 12.2 Å². The smallest absolute Gasteiger partial charge is 0.335 e. The molecule has 16 N–H and O–H groups in total. The number of hydrogen-bond acceptors (Lipinski definition) is 26. The summed E-state index contributed by atoms with van der Waals surface area (Å²) in [5.41, 5.74) is 0. The molecule has 3 amide bonds. The Balaban J connectivity index is 1.23. The van der Waals surface area contributed by atoms with Gasteiger partial charge in [0.2, 0.25) is 17.7 Å². The van der Waals surface area contributed by atoms with Gasteiger partial charge in [-0.05, 0) is 12.8 Å². The second-order valence-electron chi connectivity index (χ2n) is 17.9. The van der Waals surface area contributed by atoms with Crippen molar-refractivity contribution in [3.63, 3.8) is 0 Å². The molecule has 0 aromatic carbocycles. The van der Waals surface area contributed by atoms with Gasteiger partial charge >= 0.3 is 11.9 Å². The van der Waals surface area contributed by atoms with E-state index in [1.807, 2.05) is 12.2 Å². The molecule has 0 unspecified atom stereocenters. The van der Waals surface area contributed by atoms with Crippen LogP contribution < -0.4 is 16.0 Å². The number of aliphatic hydroxyl groups is 11. The third-order valence-electron chi connectivity index (χ3n) is 12.7. The van der Waals surface area contributed by atoms with Gasteiger partial charge in [0, 0.05) is 20.8 Å². The summed E-state index contributed by atoms with van der Waals surface area (Å²) in [5.74, 6) is -6.17. The van der Waals surface area contributed by atoms with Gasteiger partial charge in [-0.3, -0.25) is 14.4 Å². The number of ether oxygens (including phenoxy) is 10. The fraction of sp³-hybridized carbons (Fsp3) is 0.829. The molecule has 0 bridgehead atoms. The lowest BCUT2D eigenvalue weighted by molar-refractivity contribution is -0.374. The predicted molar refractivity (Wildman–Crippen MR) is 223 cm³/mol. The van der Waals surface area contributed by atoms with Crippen molar-refractivity contribution < 1.29 is 138 Å². The molecule has 0 aromatic rings. The Morgan fingerprint density at radius 3 is 1.12 bits per heavy atom. The molecular formula is C41H63N3O28. The minimum Gasteiger partial charge on any atom is -0.479 e. The summed E-state index contributed by atoms with van der Waals surface area (Å²) < 4.78 is 57.3. The Hall–Kier alpha value is -3.75. The molecule has 5 fully saturated rings. The summed E-state index contributed by atoms with van der Waals surface area (Å²) >= 11 is 0. The number of carboxylic acid groups (broad SMARTS) is 2. The average molecular weight is 1050 g/mol. The van der Waals surface area contributed by atoms with Crippen LogP contribution in [-0.2, 0) is 71.3 Å². The van der Waals surface area contributed by atoms with Crippen LogP contribution in [0.2, 0.25) is 0 Å². The highest BCUT2D eigenvalue weighted by Crippen LogP contribution is 2.37. The first-order valence-electron chi connectivity index (χ1n) is 22.7. The lowest BCUT2D eigenvalue weighted by atomic mass is 9.93. The topological polar surface area (TPSA) is 477 Å². The lowest BCUT2D eigenvalue weighted by Crippen LogP contribution is -2.71. The summed E-state index contributed by atoms with van der Waals surface area (Å²) in [7, 11) is 0. The van der Waals surface area contributed by atoms with Crippen molar-refractivity contribution in [3.8, 4) is 0 Å². The van der Waals surface area contributed by atoms with Crippen molar-refractivity contribution in [3.05, 3.63) is 12.2 Å². The number of aliphatic hydroxyl groups excluding tert-OH is 11.